The van der Waals surface area contributed by atoms with E-state index in [-0.39, 0.29) is 18.4 Å². The van der Waals surface area contributed by atoms with E-state index in [0.717, 1.165) is 31.2 Å². The summed E-state index contributed by atoms with van der Waals surface area (Å²) in [6.45, 7) is 7.24. The van der Waals surface area contributed by atoms with Gasteiger partial charge in [-0.1, -0.05) is 0 Å². The molecule has 0 amide bonds. The quantitative estimate of drug-likeness (QED) is 0.908. The lowest BCUT2D eigenvalue weighted by Crippen LogP contribution is -2.29. The Balaban J connectivity index is 0.00000180. The Morgan fingerprint density at radius 3 is 2.74 bits per heavy atom. The summed E-state index contributed by atoms with van der Waals surface area (Å²) in [5.74, 6) is 1.49. The summed E-state index contributed by atoms with van der Waals surface area (Å²) in [4.78, 5) is 2.44. The van der Waals surface area contributed by atoms with Crippen LogP contribution in [0, 0.1) is 12.8 Å². The highest BCUT2D eigenvalue weighted by Crippen LogP contribution is 2.26. The first-order valence-corrected chi connectivity index (χ1v) is 6.57. The first-order chi connectivity index (χ1) is 8.52. The van der Waals surface area contributed by atoms with Gasteiger partial charge in [-0.25, -0.2) is 4.68 Å². The summed E-state index contributed by atoms with van der Waals surface area (Å²) in [5.41, 5.74) is 8.23. The molecule has 2 N–H and O–H groups in total. The molecule has 1 aromatic rings. The summed E-state index contributed by atoms with van der Waals surface area (Å²) in [5, 5.41) is 4.42. The molecule has 2 unspecified atom stereocenters. The number of methoxy groups -OCH3 is 1. The predicted octanol–water partition coefficient (Wildman–Crippen LogP) is 1.33. The van der Waals surface area contributed by atoms with Gasteiger partial charge >= 0.3 is 0 Å². The number of aryl methyl sites for hydroxylation is 2. The van der Waals surface area contributed by atoms with Crippen molar-refractivity contribution >= 4 is 12.4 Å². The van der Waals surface area contributed by atoms with Gasteiger partial charge in [0.05, 0.1) is 18.4 Å². The second-order valence-corrected chi connectivity index (χ2v) is 5.34. The van der Waals surface area contributed by atoms with Crippen molar-refractivity contribution in [3.8, 4) is 5.88 Å². The molecule has 2 rings (SSSR count). The molecule has 1 aromatic heterocycles. The number of hydrogen-bond donors (Lipinski definition) is 1. The fourth-order valence-electron chi connectivity index (χ4n) is 2.78. The van der Waals surface area contributed by atoms with Crippen LogP contribution in [0.3, 0.4) is 0 Å². The minimum absolute atomic E-state index is 0. The van der Waals surface area contributed by atoms with E-state index in [1.807, 2.05) is 18.7 Å². The Bertz CT molecular complexity index is 419. The third kappa shape index (κ3) is 3.41. The third-order valence-electron chi connectivity index (χ3n) is 3.92. The van der Waals surface area contributed by atoms with Gasteiger partial charge in [0, 0.05) is 26.2 Å². The van der Waals surface area contributed by atoms with Gasteiger partial charge < -0.3 is 10.5 Å². The highest BCUT2D eigenvalue weighted by atomic mass is 35.5. The lowest BCUT2D eigenvalue weighted by atomic mass is 10.0. The normalized spacial score (nSPS) is 21.2. The summed E-state index contributed by atoms with van der Waals surface area (Å²) in [6.07, 6.45) is 1.19. The molecule has 0 radical (unpaired) electrons. The van der Waals surface area contributed by atoms with Crippen LogP contribution < -0.4 is 10.5 Å². The molecule has 1 saturated heterocycles. The number of rotatable bonds is 4. The van der Waals surface area contributed by atoms with Crippen LogP contribution in [0.2, 0.25) is 0 Å². The minimum atomic E-state index is 0. The zero-order valence-corrected chi connectivity index (χ0v) is 13.0. The monoisotopic (exact) mass is 288 g/mol. The zero-order valence-electron chi connectivity index (χ0n) is 12.2. The standard InChI is InChI=1S/C13H24N4O.ClH/c1-9(14)11-5-6-17(7-11)8-12-10(2)15-16(3)13(12)18-4;/h9,11H,5-8,14H2,1-4H3;1H. The van der Waals surface area contributed by atoms with E-state index in [1.165, 1.54) is 12.0 Å². The molecule has 0 saturated carbocycles. The molecule has 2 heterocycles. The maximum Gasteiger partial charge on any atom is 0.216 e. The van der Waals surface area contributed by atoms with Crippen molar-refractivity contribution in [2.75, 3.05) is 20.2 Å². The van der Waals surface area contributed by atoms with Crippen LogP contribution >= 0.6 is 12.4 Å². The number of ether oxygens (including phenoxy) is 1. The third-order valence-corrected chi connectivity index (χ3v) is 3.92. The Morgan fingerprint density at radius 1 is 1.53 bits per heavy atom. The molecule has 0 aliphatic carbocycles. The van der Waals surface area contributed by atoms with E-state index >= 15 is 0 Å². The molecule has 19 heavy (non-hydrogen) atoms. The van der Waals surface area contributed by atoms with Gasteiger partial charge in [0.25, 0.3) is 0 Å². The van der Waals surface area contributed by atoms with Crippen molar-refractivity contribution in [3.05, 3.63) is 11.3 Å². The molecule has 1 aliphatic heterocycles. The maximum atomic E-state index is 5.98. The fraction of sp³-hybridized carbons (Fsp3) is 0.769. The Hall–Kier alpha value is -0.780. The van der Waals surface area contributed by atoms with Crippen molar-refractivity contribution < 1.29 is 4.74 Å². The Morgan fingerprint density at radius 2 is 2.21 bits per heavy atom. The van der Waals surface area contributed by atoms with Crippen LogP contribution in [0.4, 0.5) is 0 Å². The lowest BCUT2D eigenvalue weighted by molar-refractivity contribution is 0.297. The molecular weight excluding hydrogens is 264 g/mol. The van der Waals surface area contributed by atoms with Gasteiger partial charge in [-0.2, -0.15) is 5.10 Å². The van der Waals surface area contributed by atoms with Crippen molar-refractivity contribution in [3.63, 3.8) is 0 Å². The molecule has 0 bridgehead atoms. The molecule has 2 atom stereocenters. The first kappa shape index (κ1) is 16.3. The predicted molar refractivity (Wildman–Crippen MR) is 78.8 cm³/mol. The van der Waals surface area contributed by atoms with Crippen molar-refractivity contribution in [1.29, 1.82) is 0 Å². The van der Waals surface area contributed by atoms with Gasteiger partial charge in [-0.15, -0.1) is 12.4 Å². The van der Waals surface area contributed by atoms with Gasteiger partial charge in [0.15, 0.2) is 0 Å². The van der Waals surface area contributed by atoms with E-state index in [1.54, 1.807) is 7.11 Å². The summed E-state index contributed by atoms with van der Waals surface area (Å²) < 4.78 is 7.24. The van der Waals surface area contributed by atoms with Crippen LogP contribution in [0.15, 0.2) is 0 Å². The number of likely N-dealkylation sites (tertiary alicyclic amines) is 1. The number of aromatic nitrogens is 2. The van der Waals surface area contributed by atoms with Crippen LogP contribution in [0.5, 0.6) is 5.88 Å². The van der Waals surface area contributed by atoms with E-state index < -0.39 is 0 Å². The minimum Gasteiger partial charge on any atom is -0.481 e. The lowest BCUT2D eigenvalue weighted by Gasteiger charge is -2.18. The number of halogens is 1. The Kier molecular flexibility index (Phi) is 5.64. The molecule has 6 heteroatoms. The van der Waals surface area contributed by atoms with Crippen molar-refractivity contribution in [2.24, 2.45) is 18.7 Å². The summed E-state index contributed by atoms with van der Waals surface area (Å²) in [7, 11) is 3.62. The molecule has 0 aromatic carbocycles. The highest BCUT2D eigenvalue weighted by Gasteiger charge is 2.27. The average molecular weight is 289 g/mol. The molecule has 1 aliphatic rings. The van der Waals surface area contributed by atoms with E-state index in [9.17, 15) is 0 Å². The van der Waals surface area contributed by atoms with Crippen molar-refractivity contribution in [1.82, 2.24) is 14.7 Å². The van der Waals surface area contributed by atoms with E-state index in [4.69, 9.17) is 10.5 Å². The van der Waals surface area contributed by atoms with Crippen LogP contribution in [0.25, 0.3) is 0 Å². The SMILES string of the molecule is COc1c(CN2CCC(C(C)N)C2)c(C)nn1C.Cl. The topological polar surface area (TPSA) is 56.3 Å². The van der Waals surface area contributed by atoms with E-state index in [2.05, 4.69) is 16.9 Å². The second-order valence-electron chi connectivity index (χ2n) is 5.34. The van der Waals surface area contributed by atoms with E-state index in [0.29, 0.717) is 5.92 Å². The van der Waals surface area contributed by atoms with Gasteiger partial charge in [-0.3, -0.25) is 4.90 Å². The van der Waals surface area contributed by atoms with Crippen LogP contribution in [-0.2, 0) is 13.6 Å². The van der Waals surface area contributed by atoms with Gasteiger partial charge in [0.2, 0.25) is 5.88 Å². The summed E-state index contributed by atoms with van der Waals surface area (Å²) >= 11 is 0. The zero-order chi connectivity index (χ0) is 13.3. The molecule has 0 spiro atoms. The highest BCUT2D eigenvalue weighted by molar-refractivity contribution is 5.85. The number of nitrogens with two attached hydrogens (primary N) is 1. The van der Waals surface area contributed by atoms with Crippen LogP contribution in [0.1, 0.15) is 24.6 Å². The maximum absolute atomic E-state index is 5.98. The van der Waals surface area contributed by atoms with Gasteiger partial charge in [0.1, 0.15) is 0 Å². The molecule has 5 nitrogen and oxygen atoms in total. The second kappa shape index (κ2) is 6.59. The summed E-state index contributed by atoms with van der Waals surface area (Å²) in [6, 6.07) is 0.284. The average Bonchev–Trinajstić information content (AvgIpc) is 2.86. The number of hydrogen-bond acceptors (Lipinski definition) is 4. The molecule has 110 valence electrons. The number of nitrogens with zero attached hydrogens (tertiary/aromatic N) is 3. The van der Waals surface area contributed by atoms with Crippen LogP contribution in [-0.4, -0.2) is 40.9 Å². The molecular formula is C13H25ClN4O. The Labute approximate surface area is 121 Å². The smallest absolute Gasteiger partial charge is 0.216 e. The largest absolute Gasteiger partial charge is 0.481 e. The fourth-order valence-corrected chi connectivity index (χ4v) is 2.78. The molecule has 1 fully saturated rings. The van der Waals surface area contributed by atoms with Gasteiger partial charge in [-0.05, 0) is 32.7 Å². The first-order valence-electron chi connectivity index (χ1n) is 6.57. The van der Waals surface area contributed by atoms with Crippen molar-refractivity contribution in [2.45, 2.75) is 32.9 Å².